The van der Waals surface area contributed by atoms with Crippen LogP contribution in [0.25, 0.3) is 11.6 Å². The second kappa shape index (κ2) is 8.53. The van der Waals surface area contributed by atoms with E-state index in [1.807, 2.05) is 12.1 Å². The van der Waals surface area contributed by atoms with Crippen LogP contribution in [0.15, 0.2) is 103 Å². The highest BCUT2D eigenvalue weighted by atomic mass is 16.5. The highest BCUT2D eigenvalue weighted by molar-refractivity contribution is 5.91. The highest BCUT2D eigenvalue weighted by Gasteiger charge is 2.20. The first-order chi connectivity index (χ1) is 15.3. The van der Waals surface area contributed by atoms with Gasteiger partial charge >= 0.3 is 0 Å². The lowest BCUT2D eigenvalue weighted by molar-refractivity contribution is 0.415. The number of fused-ring (bicyclic) bond motifs is 1. The molecule has 0 fully saturated rings. The summed E-state index contributed by atoms with van der Waals surface area (Å²) in [4.78, 5) is 2.39. The maximum Gasteiger partial charge on any atom is 0.119 e. The minimum Gasteiger partial charge on any atom is -0.497 e. The molecule has 0 bridgehead atoms. The fourth-order valence-electron chi connectivity index (χ4n) is 4.28. The summed E-state index contributed by atoms with van der Waals surface area (Å²) in [5.74, 6) is 0.887. The third-order valence-corrected chi connectivity index (χ3v) is 5.86. The van der Waals surface area contributed by atoms with Crippen molar-refractivity contribution in [2.24, 2.45) is 0 Å². The van der Waals surface area contributed by atoms with E-state index in [4.69, 9.17) is 4.74 Å². The van der Waals surface area contributed by atoms with Gasteiger partial charge in [0.05, 0.1) is 7.11 Å². The molecule has 0 saturated carbocycles. The van der Waals surface area contributed by atoms with Crippen molar-refractivity contribution in [1.29, 1.82) is 0 Å². The zero-order valence-electron chi connectivity index (χ0n) is 17.7. The smallest absolute Gasteiger partial charge is 0.119 e. The molecule has 31 heavy (non-hydrogen) atoms. The zero-order valence-corrected chi connectivity index (χ0v) is 17.7. The Balaban J connectivity index is 1.50. The average Bonchev–Trinajstić information content (AvgIpc) is 3.27. The number of anilines is 2. The van der Waals surface area contributed by atoms with Crippen LogP contribution in [0.3, 0.4) is 0 Å². The predicted molar refractivity (Wildman–Crippen MR) is 130 cm³/mol. The number of rotatable bonds is 5. The molecule has 0 amide bonds. The molecule has 5 rings (SSSR count). The Morgan fingerprint density at radius 3 is 2.03 bits per heavy atom. The molecule has 0 aliphatic carbocycles. The van der Waals surface area contributed by atoms with E-state index in [-0.39, 0.29) is 0 Å². The van der Waals surface area contributed by atoms with Gasteiger partial charge in [0.2, 0.25) is 0 Å². The minimum absolute atomic E-state index is 0.887. The summed E-state index contributed by atoms with van der Waals surface area (Å²) in [6.07, 6.45) is 3.36. The van der Waals surface area contributed by atoms with Gasteiger partial charge in [0.25, 0.3) is 0 Å². The van der Waals surface area contributed by atoms with E-state index < -0.39 is 0 Å². The summed E-state index contributed by atoms with van der Waals surface area (Å²) in [6, 6.07) is 36.4. The van der Waals surface area contributed by atoms with E-state index in [0.29, 0.717) is 0 Å². The van der Waals surface area contributed by atoms with Crippen LogP contribution in [0.5, 0.6) is 5.75 Å². The molecule has 0 spiro atoms. The highest BCUT2D eigenvalue weighted by Crippen LogP contribution is 2.36. The molecule has 2 nitrogen and oxygen atoms in total. The van der Waals surface area contributed by atoms with Gasteiger partial charge in [0.15, 0.2) is 0 Å². The summed E-state index contributed by atoms with van der Waals surface area (Å²) >= 11 is 0. The lowest BCUT2D eigenvalue weighted by Crippen LogP contribution is -2.12. The maximum atomic E-state index is 5.30. The standard InChI is InChI=1S/C29H25NO/c1-31-27-15-13-26(14-16-27)30-19-18-25-20-22(12-17-29(25)30)21-28(23-8-4-2-5-9-23)24-10-6-3-7-11-24/h2-17,20-21H,18-19H2,1H3. The Kier molecular flexibility index (Phi) is 5.28. The molecule has 1 aliphatic heterocycles. The van der Waals surface area contributed by atoms with E-state index in [2.05, 4.69) is 102 Å². The normalized spacial score (nSPS) is 12.4. The van der Waals surface area contributed by atoms with Crippen molar-refractivity contribution >= 4 is 23.0 Å². The van der Waals surface area contributed by atoms with Crippen molar-refractivity contribution in [3.05, 3.63) is 125 Å². The Bertz CT molecular complexity index is 1150. The minimum atomic E-state index is 0.887. The summed E-state index contributed by atoms with van der Waals surface area (Å²) in [7, 11) is 1.70. The number of ether oxygens (including phenoxy) is 1. The number of hydrogen-bond acceptors (Lipinski definition) is 2. The second-order valence-electron chi connectivity index (χ2n) is 7.78. The summed E-state index contributed by atoms with van der Waals surface area (Å²) in [5, 5.41) is 0. The monoisotopic (exact) mass is 403 g/mol. The number of nitrogens with zero attached hydrogens (tertiary/aromatic N) is 1. The molecule has 0 atom stereocenters. The SMILES string of the molecule is COc1ccc(N2CCc3cc(C=C(c4ccccc4)c4ccccc4)ccc32)cc1. The molecule has 152 valence electrons. The van der Waals surface area contributed by atoms with E-state index in [9.17, 15) is 0 Å². The van der Waals surface area contributed by atoms with Crippen molar-refractivity contribution in [2.75, 3.05) is 18.6 Å². The fraction of sp³-hybridized carbons (Fsp3) is 0.103. The molecule has 2 heteroatoms. The second-order valence-corrected chi connectivity index (χ2v) is 7.78. The lowest BCUT2D eigenvalue weighted by atomic mass is 9.95. The maximum absolute atomic E-state index is 5.30. The van der Waals surface area contributed by atoms with Crippen molar-refractivity contribution in [1.82, 2.24) is 0 Å². The van der Waals surface area contributed by atoms with Gasteiger partial charge in [-0.2, -0.15) is 0 Å². The van der Waals surface area contributed by atoms with Crippen LogP contribution >= 0.6 is 0 Å². The third kappa shape index (κ3) is 3.97. The van der Waals surface area contributed by atoms with Crippen molar-refractivity contribution < 1.29 is 4.74 Å². The van der Waals surface area contributed by atoms with Crippen LogP contribution in [0.1, 0.15) is 22.3 Å². The first kappa shape index (κ1) is 19.2. The Labute approximate surface area is 184 Å². The lowest BCUT2D eigenvalue weighted by Gasteiger charge is -2.20. The van der Waals surface area contributed by atoms with Gasteiger partial charge in [-0.1, -0.05) is 66.7 Å². The summed E-state index contributed by atoms with van der Waals surface area (Å²) in [6.45, 7) is 0.999. The van der Waals surface area contributed by atoms with Gasteiger partial charge < -0.3 is 9.64 Å². The van der Waals surface area contributed by atoms with E-state index >= 15 is 0 Å². The molecular weight excluding hydrogens is 378 g/mol. The first-order valence-electron chi connectivity index (χ1n) is 10.7. The first-order valence-corrected chi connectivity index (χ1v) is 10.7. The van der Waals surface area contributed by atoms with Gasteiger partial charge in [-0.25, -0.2) is 0 Å². The summed E-state index contributed by atoms with van der Waals surface area (Å²) < 4.78 is 5.30. The number of benzene rings is 4. The molecule has 4 aromatic rings. The van der Waals surface area contributed by atoms with E-state index in [0.717, 1.165) is 18.7 Å². The van der Waals surface area contributed by atoms with Crippen LogP contribution in [0, 0.1) is 0 Å². The molecule has 1 heterocycles. The van der Waals surface area contributed by atoms with Gasteiger partial charge in [0.1, 0.15) is 5.75 Å². The molecule has 0 unspecified atom stereocenters. The van der Waals surface area contributed by atoms with Crippen LogP contribution in [0.2, 0.25) is 0 Å². The largest absolute Gasteiger partial charge is 0.497 e. The quantitative estimate of drug-likeness (QED) is 0.333. The van der Waals surface area contributed by atoms with Crippen LogP contribution in [-0.4, -0.2) is 13.7 Å². The van der Waals surface area contributed by atoms with Crippen molar-refractivity contribution in [2.45, 2.75) is 6.42 Å². The van der Waals surface area contributed by atoms with Gasteiger partial charge in [-0.15, -0.1) is 0 Å². The predicted octanol–water partition coefficient (Wildman–Crippen LogP) is 6.98. The molecule has 1 aliphatic rings. The van der Waals surface area contributed by atoms with Gasteiger partial charge in [-0.05, 0) is 76.7 Å². The van der Waals surface area contributed by atoms with Crippen LogP contribution in [-0.2, 0) is 6.42 Å². The Hall–Kier alpha value is -3.78. The van der Waals surface area contributed by atoms with Gasteiger partial charge in [0, 0.05) is 17.9 Å². The third-order valence-electron chi connectivity index (χ3n) is 5.86. The molecule has 0 aromatic heterocycles. The Morgan fingerprint density at radius 1 is 0.774 bits per heavy atom. The molecular formula is C29H25NO. The molecule has 4 aromatic carbocycles. The van der Waals surface area contributed by atoms with Gasteiger partial charge in [-0.3, -0.25) is 0 Å². The number of hydrogen-bond donors (Lipinski definition) is 0. The average molecular weight is 404 g/mol. The molecule has 0 N–H and O–H groups in total. The fourth-order valence-corrected chi connectivity index (χ4v) is 4.28. The number of methoxy groups -OCH3 is 1. The van der Waals surface area contributed by atoms with E-state index in [1.165, 1.54) is 39.2 Å². The molecule has 0 radical (unpaired) electrons. The van der Waals surface area contributed by atoms with Crippen molar-refractivity contribution in [3.63, 3.8) is 0 Å². The summed E-state index contributed by atoms with van der Waals surface area (Å²) in [5.41, 5.74) is 8.83. The van der Waals surface area contributed by atoms with Crippen LogP contribution < -0.4 is 9.64 Å². The van der Waals surface area contributed by atoms with Crippen LogP contribution in [0.4, 0.5) is 11.4 Å². The Morgan fingerprint density at radius 2 is 1.42 bits per heavy atom. The zero-order chi connectivity index (χ0) is 21.0. The van der Waals surface area contributed by atoms with Crippen molar-refractivity contribution in [3.8, 4) is 5.75 Å². The molecule has 0 saturated heterocycles. The topological polar surface area (TPSA) is 12.5 Å². The van der Waals surface area contributed by atoms with E-state index in [1.54, 1.807) is 7.11 Å².